The summed E-state index contributed by atoms with van der Waals surface area (Å²) in [6.45, 7) is 5.44. The van der Waals surface area contributed by atoms with Crippen LogP contribution in [-0.4, -0.2) is 70.6 Å². The van der Waals surface area contributed by atoms with Gasteiger partial charge in [0, 0.05) is 51.7 Å². The summed E-state index contributed by atoms with van der Waals surface area (Å²) in [5.41, 5.74) is 0. The second kappa shape index (κ2) is 7.87. The number of piperazine rings is 1. The van der Waals surface area contributed by atoms with Gasteiger partial charge < -0.3 is 10.2 Å². The van der Waals surface area contributed by atoms with E-state index in [-0.39, 0.29) is 25.0 Å². The first-order chi connectivity index (χ1) is 11.3. The van der Waals surface area contributed by atoms with Crippen LogP contribution in [0.25, 0.3) is 0 Å². The van der Waals surface area contributed by atoms with E-state index in [4.69, 9.17) is 0 Å². The summed E-state index contributed by atoms with van der Waals surface area (Å²) in [6, 6.07) is 0.144. The number of hydrogen-bond acceptors (Lipinski definition) is 3. The quantitative estimate of drug-likeness (QED) is 0.884. The number of nitrogens with zero attached hydrogens (tertiary/aromatic N) is 4. The van der Waals surface area contributed by atoms with Crippen molar-refractivity contribution in [1.29, 1.82) is 0 Å². The molecule has 1 aliphatic rings. The number of carbonyl (C=O) groups is 1. The average Bonchev–Trinajstić information content (AvgIpc) is 3.04. The van der Waals surface area contributed by atoms with E-state index < -0.39 is 12.2 Å². The van der Waals surface area contributed by atoms with Crippen molar-refractivity contribution in [2.24, 2.45) is 5.92 Å². The normalized spacial score (nSPS) is 19.1. The molecular weight excluding hydrogens is 323 g/mol. The van der Waals surface area contributed by atoms with Crippen molar-refractivity contribution < 1.29 is 18.0 Å². The molecule has 0 saturated carbocycles. The van der Waals surface area contributed by atoms with Gasteiger partial charge in [-0.2, -0.15) is 18.3 Å². The fraction of sp³-hybridized carbons (Fsp3) is 0.733. The molecule has 0 bridgehead atoms. The molecule has 136 valence electrons. The van der Waals surface area contributed by atoms with Crippen molar-refractivity contribution in [2.45, 2.75) is 32.6 Å². The molecule has 1 fully saturated rings. The van der Waals surface area contributed by atoms with Crippen molar-refractivity contribution in [3.05, 3.63) is 18.5 Å². The molecule has 2 amide bonds. The smallest absolute Gasteiger partial charge is 0.338 e. The third-order valence-corrected chi connectivity index (χ3v) is 4.28. The molecule has 0 spiro atoms. The number of aromatic nitrogens is 2. The zero-order valence-electron chi connectivity index (χ0n) is 14.0. The van der Waals surface area contributed by atoms with E-state index in [9.17, 15) is 18.0 Å². The number of halogens is 3. The van der Waals surface area contributed by atoms with E-state index in [1.807, 2.05) is 19.2 Å². The molecule has 1 aliphatic heterocycles. The van der Waals surface area contributed by atoms with E-state index in [1.54, 1.807) is 15.8 Å². The Balaban J connectivity index is 1.71. The van der Waals surface area contributed by atoms with E-state index in [0.29, 0.717) is 26.2 Å². The third-order valence-electron chi connectivity index (χ3n) is 4.28. The highest BCUT2D eigenvalue weighted by molar-refractivity contribution is 5.74. The Morgan fingerprint density at radius 2 is 1.92 bits per heavy atom. The molecule has 24 heavy (non-hydrogen) atoms. The monoisotopic (exact) mass is 347 g/mol. The minimum atomic E-state index is -4.23. The molecule has 0 aliphatic carbocycles. The predicted octanol–water partition coefficient (Wildman–Crippen LogP) is 1.80. The highest BCUT2D eigenvalue weighted by Gasteiger charge is 2.41. The fourth-order valence-electron chi connectivity index (χ4n) is 2.68. The van der Waals surface area contributed by atoms with Gasteiger partial charge in [-0.1, -0.05) is 6.92 Å². The number of nitrogens with one attached hydrogen (secondary N) is 1. The Kier molecular flexibility index (Phi) is 6.09. The van der Waals surface area contributed by atoms with Gasteiger partial charge in [0.05, 0.1) is 0 Å². The van der Waals surface area contributed by atoms with Crippen LogP contribution in [0.15, 0.2) is 18.5 Å². The molecule has 2 heterocycles. The lowest BCUT2D eigenvalue weighted by Gasteiger charge is -2.38. The van der Waals surface area contributed by atoms with Gasteiger partial charge in [0.1, 0.15) is 6.04 Å². The van der Waals surface area contributed by atoms with Gasteiger partial charge in [-0.25, -0.2) is 4.79 Å². The Morgan fingerprint density at radius 1 is 1.25 bits per heavy atom. The van der Waals surface area contributed by atoms with E-state index in [2.05, 4.69) is 10.4 Å². The molecule has 1 N–H and O–H groups in total. The molecule has 2 atom stereocenters. The van der Waals surface area contributed by atoms with Gasteiger partial charge in [-0.05, 0) is 18.9 Å². The minimum absolute atomic E-state index is 0.209. The third kappa shape index (κ3) is 5.12. The lowest BCUT2D eigenvalue weighted by Crippen LogP contribution is -2.56. The summed E-state index contributed by atoms with van der Waals surface area (Å²) in [6.07, 6.45) is -0.668. The van der Waals surface area contributed by atoms with Gasteiger partial charge in [-0.15, -0.1) is 0 Å². The van der Waals surface area contributed by atoms with Crippen molar-refractivity contribution in [3.63, 3.8) is 0 Å². The molecule has 1 aromatic rings. The van der Waals surface area contributed by atoms with Crippen LogP contribution in [0.3, 0.4) is 0 Å². The van der Waals surface area contributed by atoms with Crippen LogP contribution in [0.5, 0.6) is 0 Å². The zero-order chi connectivity index (χ0) is 17.7. The van der Waals surface area contributed by atoms with Crippen LogP contribution < -0.4 is 5.32 Å². The largest absolute Gasteiger partial charge is 0.403 e. The average molecular weight is 347 g/mol. The van der Waals surface area contributed by atoms with Gasteiger partial charge in [0.15, 0.2) is 0 Å². The van der Waals surface area contributed by atoms with Crippen molar-refractivity contribution in [1.82, 2.24) is 24.9 Å². The zero-order valence-corrected chi connectivity index (χ0v) is 14.0. The number of amides is 2. The second-order valence-corrected chi connectivity index (χ2v) is 6.26. The van der Waals surface area contributed by atoms with E-state index in [0.717, 1.165) is 6.92 Å². The van der Waals surface area contributed by atoms with Gasteiger partial charge >= 0.3 is 12.2 Å². The molecule has 1 aromatic heterocycles. The van der Waals surface area contributed by atoms with Crippen LogP contribution in [0.1, 0.15) is 13.8 Å². The van der Waals surface area contributed by atoms with E-state index >= 15 is 0 Å². The number of hydrogen-bond donors (Lipinski definition) is 1. The summed E-state index contributed by atoms with van der Waals surface area (Å²) in [4.78, 5) is 15.1. The summed E-state index contributed by atoms with van der Waals surface area (Å²) in [5, 5.41) is 6.96. The molecule has 2 rings (SSSR count). The number of urea groups is 1. The predicted molar refractivity (Wildman–Crippen MR) is 83.5 cm³/mol. The Labute approximate surface area is 139 Å². The molecule has 1 saturated heterocycles. The second-order valence-electron chi connectivity index (χ2n) is 6.26. The van der Waals surface area contributed by atoms with Crippen LogP contribution in [0.2, 0.25) is 0 Å². The first-order valence-corrected chi connectivity index (χ1v) is 8.08. The van der Waals surface area contributed by atoms with Crippen molar-refractivity contribution in [3.8, 4) is 0 Å². The molecule has 6 nitrogen and oxygen atoms in total. The van der Waals surface area contributed by atoms with Crippen LogP contribution in [0, 0.1) is 5.92 Å². The molecular formula is C15H24F3N5O. The fourth-order valence-corrected chi connectivity index (χ4v) is 2.68. The van der Waals surface area contributed by atoms with Crippen LogP contribution >= 0.6 is 0 Å². The summed E-state index contributed by atoms with van der Waals surface area (Å²) in [7, 11) is 0. The molecule has 0 radical (unpaired) electrons. The maximum atomic E-state index is 12.7. The maximum Gasteiger partial charge on any atom is 0.403 e. The van der Waals surface area contributed by atoms with Crippen molar-refractivity contribution in [2.75, 3.05) is 32.7 Å². The van der Waals surface area contributed by atoms with E-state index in [1.165, 1.54) is 4.90 Å². The Hall–Kier alpha value is -1.77. The first-order valence-electron chi connectivity index (χ1n) is 8.08. The topological polar surface area (TPSA) is 53.4 Å². The van der Waals surface area contributed by atoms with Crippen LogP contribution in [-0.2, 0) is 6.54 Å². The van der Waals surface area contributed by atoms with Crippen LogP contribution in [0.4, 0.5) is 18.0 Å². The summed E-state index contributed by atoms with van der Waals surface area (Å²) < 4.78 is 39.9. The summed E-state index contributed by atoms with van der Waals surface area (Å²) >= 11 is 0. The lowest BCUT2D eigenvalue weighted by atomic mass is 10.2. The standard InChI is InChI=1S/C15H24F3N5O/c1-12(11-23-5-3-4-20-23)10-19-14(24)22-8-6-21(7-9-22)13(2)15(16,17)18/h3-5,12-13H,6-11H2,1-2H3,(H,19,24)/t12-,13-/m1/s1. The van der Waals surface area contributed by atoms with Crippen molar-refractivity contribution >= 4 is 6.03 Å². The Bertz CT molecular complexity index is 512. The lowest BCUT2D eigenvalue weighted by molar-refractivity contribution is -0.181. The molecule has 0 aromatic carbocycles. The molecule has 9 heteroatoms. The maximum absolute atomic E-state index is 12.7. The molecule has 0 unspecified atom stereocenters. The highest BCUT2D eigenvalue weighted by Crippen LogP contribution is 2.25. The number of alkyl halides is 3. The number of rotatable bonds is 5. The minimum Gasteiger partial charge on any atom is -0.338 e. The highest BCUT2D eigenvalue weighted by atomic mass is 19.4. The summed E-state index contributed by atoms with van der Waals surface area (Å²) in [5.74, 6) is 0.209. The first kappa shape index (κ1) is 18.6. The van der Waals surface area contributed by atoms with Gasteiger partial charge in [0.2, 0.25) is 0 Å². The Morgan fingerprint density at radius 3 is 2.46 bits per heavy atom. The van der Waals surface area contributed by atoms with Gasteiger partial charge in [0.25, 0.3) is 0 Å². The SMILES string of the molecule is C[C@H](CNC(=O)N1CCN([C@H](C)C(F)(F)F)CC1)Cn1cccn1. The van der Waals surface area contributed by atoms with Gasteiger partial charge in [-0.3, -0.25) is 9.58 Å². The number of carbonyl (C=O) groups excluding carboxylic acids is 1.